The Hall–Kier alpha value is -3.11. The van der Waals surface area contributed by atoms with E-state index in [0.29, 0.717) is 39.0 Å². The number of hydrogen-bond acceptors (Lipinski definition) is 9. The van der Waals surface area contributed by atoms with Gasteiger partial charge in [-0.1, -0.05) is 11.2 Å². The second kappa shape index (κ2) is 7.37. The minimum atomic E-state index is -0.436. The van der Waals surface area contributed by atoms with Gasteiger partial charge in [0, 0.05) is 22.2 Å². The van der Waals surface area contributed by atoms with E-state index in [1.807, 2.05) is 24.4 Å². The first kappa shape index (κ1) is 19.2. The number of nitrogens with two attached hydrogens (primary N) is 1. The number of carbonyl (C=O) groups is 2. The molecule has 0 unspecified atom stereocenters. The fraction of sp³-hybridized carbons (Fsp3) is 0.211. The van der Waals surface area contributed by atoms with Crippen LogP contribution in [0.3, 0.4) is 0 Å². The Balaban J connectivity index is 1.79. The number of methoxy groups -OCH3 is 1. The van der Waals surface area contributed by atoms with Crippen molar-refractivity contribution in [3.8, 4) is 0 Å². The van der Waals surface area contributed by atoms with Gasteiger partial charge in [-0.3, -0.25) is 4.79 Å². The van der Waals surface area contributed by atoms with E-state index in [1.54, 1.807) is 13.0 Å². The van der Waals surface area contributed by atoms with Crippen LogP contribution in [0.25, 0.3) is 0 Å². The van der Waals surface area contributed by atoms with Gasteiger partial charge in [-0.15, -0.1) is 22.7 Å². The van der Waals surface area contributed by atoms with Crippen LogP contribution in [-0.4, -0.2) is 24.1 Å². The average Bonchev–Trinajstić information content (AvgIpc) is 3.41. The van der Waals surface area contributed by atoms with E-state index in [1.165, 1.54) is 29.8 Å². The summed E-state index contributed by atoms with van der Waals surface area (Å²) >= 11 is 2.75. The van der Waals surface area contributed by atoms with Gasteiger partial charge in [0.2, 0.25) is 0 Å². The smallest absolute Gasteiger partial charge is 0.336 e. The Morgan fingerprint density at radius 3 is 2.79 bits per heavy atom. The van der Waals surface area contributed by atoms with Crippen molar-refractivity contribution in [2.75, 3.05) is 23.5 Å². The van der Waals surface area contributed by atoms with Crippen LogP contribution in [0.15, 0.2) is 39.4 Å². The Kier molecular flexibility index (Phi) is 4.89. The number of carbonyl (C=O) groups excluding carboxylic acids is 2. The normalized spacial score (nSPS) is 15.6. The standard InChI is InChI=1S/C19H18N4O4S2/c1-8-7-11(23-27-8)22-17(24)16-15(20)14-13(10-5-4-6-28-10)12(19(25)26-3)9(2)21-18(14)29-16/h4-7,13,21H,20H2,1-3H3,(H,22,23,24)/t13-/m1/s1. The van der Waals surface area contributed by atoms with E-state index in [0.717, 1.165) is 9.88 Å². The molecule has 0 aliphatic carbocycles. The van der Waals surface area contributed by atoms with E-state index < -0.39 is 11.9 Å². The highest BCUT2D eigenvalue weighted by Gasteiger charge is 2.38. The second-order valence-corrected chi connectivity index (χ2v) is 8.47. The molecule has 1 atom stereocenters. The molecule has 0 saturated carbocycles. The van der Waals surface area contributed by atoms with Gasteiger partial charge in [0.1, 0.15) is 10.6 Å². The van der Waals surface area contributed by atoms with Crippen molar-refractivity contribution in [3.05, 3.63) is 55.9 Å². The van der Waals surface area contributed by atoms with Crippen molar-refractivity contribution < 1.29 is 18.8 Å². The van der Waals surface area contributed by atoms with Crippen molar-refractivity contribution >= 4 is 51.1 Å². The number of hydrogen-bond donors (Lipinski definition) is 3. The van der Waals surface area contributed by atoms with Crippen LogP contribution in [0, 0.1) is 6.92 Å². The Morgan fingerprint density at radius 1 is 1.38 bits per heavy atom. The van der Waals surface area contributed by atoms with Crippen LogP contribution < -0.4 is 16.4 Å². The van der Waals surface area contributed by atoms with Crippen LogP contribution in [0.4, 0.5) is 16.5 Å². The third-order valence-corrected chi connectivity index (χ3v) is 6.65. The zero-order chi connectivity index (χ0) is 20.7. The molecular weight excluding hydrogens is 412 g/mol. The van der Waals surface area contributed by atoms with Gasteiger partial charge >= 0.3 is 5.97 Å². The number of aromatic nitrogens is 1. The molecule has 4 N–H and O–H groups in total. The molecule has 0 radical (unpaired) electrons. The Bertz CT molecular complexity index is 1130. The lowest BCUT2D eigenvalue weighted by molar-refractivity contribution is -0.136. The maximum atomic E-state index is 12.8. The zero-order valence-corrected chi connectivity index (χ0v) is 17.5. The molecule has 1 aliphatic heterocycles. The molecule has 29 heavy (non-hydrogen) atoms. The number of anilines is 3. The van der Waals surface area contributed by atoms with Crippen molar-refractivity contribution in [1.29, 1.82) is 0 Å². The van der Waals surface area contributed by atoms with Crippen molar-refractivity contribution in [2.24, 2.45) is 0 Å². The van der Waals surface area contributed by atoms with Gasteiger partial charge in [-0.2, -0.15) is 0 Å². The number of aryl methyl sites for hydroxylation is 1. The number of allylic oxidation sites excluding steroid dienone is 1. The van der Waals surface area contributed by atoms with Gasteiger partial charge in [0.15, 0.2) is 5.82 Å². The van der Waals surface area contributed by atoms with Crippen molar-refractivity contribution in [3.63, 3.8) is 0 Å². The molecule has 150 valence electrons. The summed E-state index contributed by atoms with van der Waals surface area (Å²) in [6.45, 7) is 3.54. The van der Waals surface area contributed by atoms with Crippen LogP contribution in [0.5, 0.6) is 0 Å². The van der Waals surface area contributed by atoms with E-state index in [4.69, 9.17) is 15.0 Å². The summed E-state index contributed by atoms with van der Waals surface area (Å²) in [6.07, 6.45) is 0. The highest BCUT2D eigenvalue weighted by Crippen LogP contribution is 2.51. The number of ether oxygens (including phenoxy) is 1. The van der Waals surface area contributed by atoms with E-state index in [2.05, 4.69) is 15.8 Å². The highest BCUT2D eigenvalue weighted by atomic mass is 32.1. The topological polar surface area (TPSA) is 119 Å². The predicted molar refractivity (Wildman–Crippen MR) is 112 cm³/mol. The average molecular weight is 431 g/mol. The quantitative estimate of drug-likeness (QED) is 0.536. The van der Waals surface area contributed by atoms with E-state index in [9.17, 15) is 9.59 Å². The molecule has 4 rings (SSSR count). The minimum Gasteiger partial charge on any atom is -0.466 e. The fourth-order valence-electron chi connectivity index (χ4n) is 3.32. The zero-order valence-electron chi connectivity index (χ0n) is 15.9. The van der Waals surface area contributed by atoms with Crippen LogP contribution >= 0.6 is 22.7 Å². The minimum absolute atomic E-state index is 0.311. The van der Waals surface area contributed by atoms with Gasteiger partial charge < -0.3 is 25.6 Å². The summed E-state index contributed by atoms with van der Waals surface area (Å²) in [5.41, 5.74) is 8.59. The third-order valence-electron chi connectivity index (χ3n) is 4.57. The molecule has 10 heteroatoms. The summed E-state index contributed by atoms with van der Waals surface area (Å²) in [6, 6.07) is 5.47. The first-order valence-electron chi connectivity index (χ1n) is 8.67. The molecule has 0 saturated heterocycles. The molecule has 0 aromatic carbocycles. The monoisotopic (exact) mass is 430 g/mol. The molecular formula is C19H18N4O4S2. The van der Waals surface area contributed by atoms with E-state index in [-0.39, 0.29) is 5.91 Å². The Labute approximate surface area is 174 Å². The predicted octanol–water partition coefficient (Wildman–Crippen LogP) is 3.94. The molecule has 1 aliphatic rings. The van der Waals surface area contributed by atoms with Crippen LogP contribution in [0.2, 0.25) is 0 Å². The molecule has 0 spiro atoms. The number of nitrogen functional groups attached to an aromatic ring is 1. The van der Waals surface area contributed by atoms with Crippen LogP contribution in [0.1, 0.15) is 38.7 Å². The van der Waals surface area contributed by atoms with Gasteiger partial charge in [-0.05, 0) is 25.3 Å². The number of nitrogens with zero attached hydrogens (tertiary/aromatic N) is 1. The van der Waals surface area contributed by atoms with E-state index >= 15 is 0 Å². The molecule has 1 amide bonds. The maximum Gasteiger partial charge on any atom is 0.336 e. The summed E-state index contributed by atoms with van der Waals surface area (Å²) in [4.78, 5) is 26.6. The number of nitrogens with one attached hydrogen (secondary N) is 2. The lowest BCUT2D eigenvalue weighted by Gasteiger charge is -2.27. The lowest BCUT2D eigenvalue weighted by atomic mass is 9.86. The summed E-state index contributed by atoms with van der Waals surface area (Å²) in [5, 5.41) is 12.3. The molecule has 4 heterocycles. The number of thiophene rings is 2. The number of rotatable bonds is 4. The summed E-state index contributed by atoms with van der Waals surface area (Å²) < 4.78 is 10.00. The molecule has 3 aromatic heterocycles. The van der Waals surface area contributed by atoms with Gasteiger partial charge in [-0.25, -0.2) is 4.79 Å². The van der Waals surface area contributed by atoms with Gasteiger partial charge in [0.25, 0.3) is 5.91 Å². The lowest BCUT2D eigenvalue weighted by Crippen LogP contribution is -2.23. The largest absolute Gasteiger partial charge is 0.466 e. The molecule has 0 bridgehead atoms. The summed E-state index contributed by atoms with van der Waals surface area (Å²) in [5.74, 6) is -0.343. The number of fused-ring (bicyclic) bond motifs is 1. The highest BCUT2D eigenvalue weighted by molar-refractivity contribution is 7.19. The Morgan fingerprint density at radius 2 is 2.17 bits per heavy atom. The SMILES string of the molecule is COC(=O)C1=C(C)Nc2sc(C(=O)Nc3cc(C)on3)c(N)c2[C@@H]1c1cccs1. The van der Waals surface area contributed by atoms with Crippen molar-refractivity contribution in [2.45, 2.75) is 19.8 Å². The third kappa shape index (κ3) is 3.30. The van der Waals surface area contributed by atoms with Crippen LogP contribution in [-0.2, 0) is 9.53 Å². The first-order chi connectivity index (χ1) is 13.9. The molecule has 8 nitrogen and oxygen atoms in total. The first-order valence-corrected chi connectivity index (χ1v) is 10.4. The van der Waals surface area contributed by atoms with Gasteiger partial charge in [0.05, 0.1) is 29.3 Å². The molecule has 3 aromatic rings. The maximum absolute atomic E-state index is 12.8. The number of amides is 1. The number of esters is 1. The molecule has 0 fully saturated rings. The second-order valence-electron chi connectivity index (χ2n) is 6.47. The van der Waals surface area contributed by atoms with Crippen molar-refractivity contribution in [1.82, 2.24) is 5.16 Å². The summed E-state index contributed by atoms with van der Waals surface area (Å²) in [7, 11) is 1.35. The fourth-order valence-corrected chi connectivity index (χ4v) is 5.28.